The lowest BCUT2D eigenvalue weighted by molar-refractivity contribution is -0.153. The molecule has 1 unspecified atom stereocenters. The van der Waals surface area contributed by atoms with Crippen LogP contribution >= 0.6 is 15.9 Å². The summed E-state index contributed by atoms with van der Waals surface area (Å²) in [6.45, 7) is 9.69. The summed E-state index contributed by atoms with van der Waals surface area (Å²) in [5.41, 5.74) is 3.38. The molecule has 1 saturated carbocycles. The first-order valence-corrected chi connectivity index (χ1v) is 12.6. The number of hydrogen-bond acceptors (Lipinski definition) is 3. The van der Waals surface area contributed by atoms with Crippen molar-refractivity contribution in [3.05, 3.63) is 74.5 Å². The number of carbonyl (C=O) groups excluding carboxylic acids is 1. The van der Waals surface area contributed by atoms with Crippen molar-refractivity contribution >= 4 is 33.9 Å². The number of amides is 1. The van der Waals surface area contributed by atoms with E-state index in [2.05, 4.69) is 28.2 Å². The predicted octanol–water partition coefficient (Wildman–Crippen LogP) is 6.45. The Hall–Kier alpha value is -2.51. The largest absolute Gasteiger partial charge is 0.479 e. The van der Waals surface area contributed by atoms with Gasteiger partial charge in [0.2, 0.25) is 5.91 Å². The van der Waals surface area contributed by atoms with Gasteiger partial charge < -0.3 is 15.2 Å². The molecule has 1 aliphatic carbocycles. The van der Waals surface area contributed by atoms with Gasteiger partial charge in [-0.1, -0.05) is 60.0 Å². The molecule has 0 spiro atoms. The Kier molecular flexibility index (Phi) is 11.1. The van der Waals surface area contributed by atoms with Crippen LogP contribution in [0, 0.1) is 18.7 Å². The molecule has 1 amide bonds. The third kappa shape index (κ3) is 10.3. The van der Waals surface area contributed by atoms with Gasteiger partial charge in [0.25, 0.3) is 0 Å². The van der Waals surface area contributed by atoms with Gasteiger partial charge in [-0.15, -0.1) is 0 Å². The van der Waals surface area contributed by atoms with Gasteiger partial charge in [0.15, 0.2) is 6.10 Å². The Morgan fingerprint density at radius 2 is 1.89 bits per heavy atom. The number of hydrogen-bond donors (Lipinski definition) is 2. The van der Waals surface area contributed by atoms with Crippen LogP contribution < -0.4 is 5.32 Å². The summed E-state index contributed by atoms with van der Waals surface area (Å²) in [7, 11) is 0. The fourth-order valence-electron chi connectivity index (χ4n) is 3.18. The van der Waals surface area contributed by atoms with Crippen LogP contribution in [0.5, 0.6) is 0 Å². The monoisotopic (exact) mass is 547 g/mol. The van der Waals surface area contributed by atoms with Gasteiger partial charge in [0.05, 0.1) is 6.10 Å². The van der Waals surface area contributed by atoms with Crippen molar-refractivity contribution in [1.82, 2.24) is 5.32 Å². The molecule has 0 bridgehead atoms. The third-order valence-electron chi connectivity index (χ3n) is 5.54. The van der Waals surface area contributed by atoms with Gasteiger partial charge in [-0.2, -0.15) is 0 Å². The molecular formula is C28H35BrFNO4. The van der Waals surface area contributed by atoms with Crippen LogP contribution in [0.2, 0.25) is 0 Å². The maximum Gasteiger partial charge on any atom is 0.333 e. The molecular weight excluding hydrogens is 513 g/mol. The van der Waals surface area contributed by atoms with Gasteiger partial charge in [-0.05, 0) is 68.5 Å². The Bertz CT molecular complexity index is 1060. The molecule has 1 fully saturated rings. The van der Waals surface area contributed by atoms with Crippen molar-refractivity contribution in [2.45, 2.75) is 72.6 Å². The minimum atomic E-state index is -1.01. The van der Waals surface area contributed by atoms with Crippen molar-refractivity contribution in [2.75, 3.05) is 0 Å². The number of rotatable bonds is 9. The average Bonchev–Trinajstić information content (AvgIpc) is 3.57. The van der Waals surface area contributed by atoms with Crippen molar-refractivity contribution in [2.24, 2.45) is 5.92 Å². The summed E-state index contributed by atoms with van der Waals surface area (Å²) >= 11 is 3.21. The van der Waals surface area contributed by atoms with E-state index in [-0.39, 0.29) is 25.0 Å². The highest BCUT2D eigenvalue weighted by atomic mass is 79.9. The molecule has 2 aromatic carbocycles. The highest BCUT2D eigenvalue weighted by Gasteiger charge is 2.20. The van der Waals surface area contributed by atoms with Crippen LogP contribution in [-0.2, 0) is 27.3 Å². The van der Waals surface area contributed by atoms with Crippen molar-refractivity contribution in [3.8, 4) is 0 Å². The SMILES string of the molecule is C/C(=C\c1ccc(Br)cc1F)C(=O)NCc1cc(CC(OC(C)C)C(=O)O)ccc1C.CC1CC1. The zero-order chi connectivity index (χ0) is 26.1. The minimum Gasteiger partial charge on any atom is -0.479 e. The van der Waals surface area contributed by atoms with Crippen LogP contribution in [0.15, 0.2) is 46.4 Å². The number of benzene rings is 2. The second-order valence-corrected chi connectivity index (χ2v) is 10.3. The van der Waals surface area contributed by atoms with E-state index < -0.39 is 17.9 Å². The Morgan fingerprint density at radius 3 is 2.43 bits per heavy atom. The van der Waals surface area contributed by atoms with Crippen molar-refractivity contribution in [1.29, 1.82) is 0 Å². The molecule has 190 valence electrons. The molecule has 5 nitrogen and oxygen atoms in total. The lowest BCUT2D eigenvalue weighted by atomic mass is 10.0. The van der Waals surface area contributed by atoms with E-state index in [9.17, 15) is 19.1 Å². The minimum absolute atomic E-state index is 0.198. The molecule has 0 saturated heterocycles. The zero-order valence-electron chi connectivity index (χ0n) is 21.0. The van der Waals surface area contributed by atoms with E-state index in [1.807, 2.05) is 25.1 Å². The molecule has 1 aliphatic rings. The van der Waals surface area contributed by atoms with E-state index >= 15 is 0 Å². The van der Waals surface area contributed by atoms with Crippen molar-refractivity contribution in [3.63, 3.8) is 0 Å². The fourth-order valence-corrected chi connectivity index (χ4v) is 3.51. The van der Waals surface area contributed by atoms with Gasteiger partial charge in [0, 0.05) is 28.6 Å². The summed E-state index contributed by atoms with van der Waals surface area (Å²) in [6, 6.07) is 10.3. The van der Waals surface area contributed by atoms with E-state index in [1.165, 1.54) is 25.0 Å². The average molecular weight is 548 g/mol. The first-order valence-electron chi connectivity index (χ1n) is 11.8. The molecule has 0 aromatic heterocycles. The molecule has 3 rings (SSSR count). The maximum absolute atomic E-state index is 14.0. The highest BCUT2D eigenvalue weighted by molar-refractivity contribution is 9.10. The molecule has 7 heteroatoms. The van der Waals surface area contributed by atoms with Crippen LogP contribution in [0.4, 0.5) is 4.39 Å². The predicted molar refractivity (Wildman–Crippen MR) is 141 cm³/mol. The van der Waals surface area contributed by atoms with Crippen LogP contribution in [0.3, 0.4) is 0 Å². The Balaban J connectivity index is 0.000000975. The molecule has 0 heterocycles. The van der Waals surface area contributed by atoms with E-state index in [0.717, 1.165) is 22.6 Å². The number of halogens is 2. The van der Waals surface area contributed by atoms with Crippen LogP contribution in [0.25, 0.3) is 6.08 Å². The third-order valence-corrected chi connectivity index (χ3v) is 6.04. The summed E-state index contributed by atoms with van der Waals surface area (Å²) in [6.07, 6.45) is 3.57. The van der Waals surface area contributed by atoms with Crippen LogP contribution in [0.1, 0.15) is 62.8 Å². The standard InChI is InChI=1S/C24H27BrFNO4.C4H8/c1-14(2)31-22(24(29)30)11-17-6-5-15(3)19(10-17)13-27-23(28)16(4)9-18-7-8-20(25)12-21(18)26;1-4-2-3-4/h5-10,12,14,22H,11,13H2,1-4H3,(H,27,28)(H,29,30);4H,2-3H2,1H3/b16-9+;. The molecule has 2 aromatic rings. The lowest BCUT2D eigenvalue weighted by Gasteiger charge is -2.17. The molecule has 2 N–H and O–H groups in total. The van der Waals surface area contributed by atoms with Gasteiger partial charge in [0.1, 0.15) is 5.82 Å². The number of carboxylic acids is 1. The number of nitrogens with one attached hydrogen (secondary N) is 1. The molecule has 35 heavy (non-hydrogen) atoms. The smallest absolute Gasteiger partial charge is 0.333 e. The van der Waals surface area contributed by atoms with E-state index in [0.29, 0.717) is 15.6 Å². The topological polar surface area (TPSA) is 75.6 Å². The first-order chi connectivity index (χ1) is 16.5. The fraction of sp³-hybridized carbons (Fsp3) is 0.429. The number of aliphatic carboxylic acids is 1. The first kappa shape index (κ1) is 28.7. The summed E-state index contributed by atoms with van der Waals surface area (Å²) in [5.74, 6) is -0.648. The van der Waals surface area contributed by atoms with E-state index in [4.69, 9.17) is 4.74 Å². The summed E-state index contributed by atoms with van der Waals surface area (Å²) in [5, 5.41) is 12.2. The maximum atomic E-state index is 14.0. The Morgan fingerprint density at radius 1 is 1.23 bits per heavy atom. The summed E-state index contributed by atoms with van der Waals surface area (Å²) in [4.78, 5) is 23.9. The van der Waals surface area contributed by atoms with Crippen LogP contribution in [-0.4, -0.2) is 29.2 Å². The van der Waals surface area contributed by atoms with Gasteiger partial charge >= 0.3 is 5.97 Å². The molecule has 0 aliphatic heterocycles. The van der Waals surface area contributed by atoms with Gasteiger partial charge in [-0.25, -0.2) is 9.18 Å². The second-order valence-electron chi connectivity index (χ2n) is 9.34. The zero-order valence-corrected chi connectivity index (χ0v) is 22.6. The van der Waals surface area contributed by atoms with E-state index in [1.54, 1.807) is 32.9 Å². The highest BCUT2D eigenvalue weighted by Crippen LogP contribution is 2.26. The summed E-state index contributed by atoms with van der Waals surface area (Å²) < 4.78 is 20.1. The number of ether oxygens (including phenoxy) is 1. The number of carbonyl (C=O) groups is 2. The molecule has 0 radical (unpaired) electrons. The Labute approximate surface area is 215 Å². The molecule has 1 atom stereocenters. The number of aryl methyl sites for hydroxylation is 1. The van der Waals surface area contributed by atoms with Gasteiger partial charge in [-0.3, -0.25) is 4.79 Å². The normalized spacial score (nSPS) is 14.2. The number of carboxylic acid groups (broad SMARTS) is 1. The quantitative estimate of drug-likeness (QED) is 0.353. The lowest BCUT2D eigenvalue weighted by Crippen LogP contribution is -2.29. The van der Waals surface area contributed by atoms with Crippen molar-refractivity contribution < 1.29 is 23.8 Å². The second kappa shape index (κ2) is 13.5.